The number of benzene rings is 1. The summed E-state index contributed by atoms with van der Waals surface area (Å²) >= 11 is 12.2. The molecule has 3 aliphatic heterocycles. The third-order valence-electron chi connectivity index (χ3n) is 7.72. The summed E-state index contributed by atoms with van der Waals surface area (Å²) in [6.07, 6.45) is 2.56. The fraction of sp³-hybridized carbons (Fsp3) is 0.680. The Hall–Kier alpha value is -1.38. The molecule has 9 heteroatoms. The van der Waals surface area contributed by atoms with Crippen molar-refractivity contribution in [2.45, 2.75) is 57.2 Å². The number of nitrogens with zero attached hydrogens (tertiary/aromatic N) is 3. The molecule has 0 saturated carbocycles. The number of aliphatic hydroxyl groups is 1. The van der Waals surface area contributed by atoms with Gasteiger partial charge in [-0.2, -0.15) is 0 Å². The lowest BCUT2D eigenvalue weighted by molar-refractivity contribution is -0.189. The highest BCUT2D eigenvalue weighted by molar-refractivity contribution is 6.42. The summed E-state index contributed by atoms with van der Waals surface area (Å²) in [6, 6.07) is 4.94. The van der Waals surface area contributed by atoms with E-state index in [0.29, 0.717) is 36.3 Å². The number of fused-ring (bicyclic) bond motifs is 1. The highest BCUT2D eigenvalue weighted by Crippen LogP contribution is 2.40. The maximum Gasteiger partial charge on any atom is 0.254 e. The number of piperazine rings is 1. The van der Waals surface area contributed by atoms with Crippen molar-refractivity contribution >= 4 is 35.0 Å². The van der Waals surface area contributed by atoms with Gasteiger partial charge in [-0.3, -0.25) is 9.59 Å². The fourth-order valence-electron chi connectivity index (χ4n) is 5.76. The number of hydrogen-bond donors (Lipinski definition) is 1. The van der Waals surface area contributed by atoms with Gasteiger partial charge >= 0.3 is 0 Å². The quantitative estimate of drug-likeness (QED) is 0.657. The van der Waals surface area contributed by atoms with Gasteiger partial charge in [0.15, 0.2) is 0 Å². The van der Waals surface area contributed by atoms with E-state index in [4.69, 9.17) is 27.9 Å². The van der Waals surface area contributed by atoms with Gasteiger partial charge < -0.3 is 24.5 Å². The maximum atomic E-state index is 13.7. The first-order valence-electron chi connectivity index (χ1n) is 12.1. The molecular weight excluding hydrogens is 477 g/mol. The van der Waals surface area contributed by atoms with Crippen molar-refractivity contribution in [2.24, 2.45) is 5.92 Å². The second-order valence-corrected chi connectivity index (χ2v) is 11.3. The van der Waals surface area contributed by atoms with E-state index in [1.165, 1.54) is 26.7 Å². The minimum absolute atomic E-state index is 0.00503. The van der Waals surface area contributed by atoms with E-state index in [1.807, 2.05) is 11.0 Å². The molecule has 0 spiro atoms. The van der Waals surface area contributed by atoms with Gasteiger partial charge in [0.05, 0.1) is 41.3 Å². The smallest absolute Gasteiger partial charge is 0.254 e. The number of carbonyl (C=O) groups is 2. The van der Waals surface area contributed by atoms with Crippen LogP contribution in [0.15, 0.2) is 18.2 Å². The summed E-state index contributed by atoms with van der Waals surface area (Å²) in [6.45, 7) is 9.66. The first kappa shape index (κ1) is 25.7. The number of hydrogen-bond acceptors (Lipinski definition) is 5. The van der Waals surface area contributed by atoms with Gasteiger partial charge in [-0.05, 0) is 64.4 Å². The summed E-state index contributed by atoms with van der Waals surface area (Å²) in [5, 5.41) is 11.4. The fourth-order valence-corrected chi connectivity index (χ4v) is 6.08. The van der Waals surface area contributed by atoms with Crippen LogP contribution in [0.4, 0.5) is 0 Å². The van der Waals surface area contributed by atoms with Crippen LogP contribution in [0.1, 0.15) is 39.2 Å². The molecule has 0 radical (unpaired) electrons. The van der Waals surface area contributed by atoms with Crippen LogP contribution in [0.5, 0.6) is 0 Å². The van der Waals surface area contributed by atoms with Crippen LogP contribution in [0.25, 0.3) is 0 Å². The molecule has 0 aliphatic carbocycles. The number of rotatable bonds is 5. The van der Waals surface area contributed by atoms with E-state index < -0.39 is 11.1 Å². The Kier molecular flexibility index (Phi) is 7.51. The molecule has 4 rings (SSSR count). The van der Waals surface area contributed by atoms with E-state index in [1.54, 1.807) is 17.0 Å². The van der Waals surface area contributed by atoms with Crippen molar-refractivity contribution < 1.29 is 19.4 Å². The SMILES string of the molecule is CC(C)(O)C(=O)N1CCN(C(=O)Cc2ccc(Cl)c(Cl)c2)C2(C)C(CN3CCCC3)COCC12. The second kappa shape index (κ2) is 9.94. The minimum Gasteiger partial charge on any atom is -0.381 e. The predicted octanol–water partition coefficient (Wildman–Crippen LogP) is 2.85. The average Bonchev–Trinajstić information content (AvgIpc) is 3.28. The molecule has 3 fully saturated rings. The van der Waals surface area contributed by atoms with Crippen molar-refractivity contribution in [3.05, 3.63) is 33.8 Å². The first-order valence-corrected chi connectivity index (χ1v) is 12.9. The van der Waals surface area contributed by atoms with Crippen LogP contribution in [0.2, 0.25) is 10.0 Å². The van der Waals surface area contributed by atoms with E-state index in [2.05, 4.69) is 11.8 Å². The molecule has 34 heavy (non-hydrogen) atoms. The molecule has 1 aromatic rings. The van der Waals surface area contributed by atoms with Crippen molar-refractivity contribution in [1.82, 2.24) is 14.7 Å². The Balaban J connectivity index is 1.65. The normalized spacial score (nSPS) is 28.2. The monoisotopic (exact) mass is 511 g/mol. The molecule has 7 nitrogen and oxygen atoms in total. The van der Waals surface area contributed by atoms with Crippen LogP contribution >= 0.6 is 23.2 Å². The van der Waals surface area contributed by atoms with Crippen LogP contribution in [0.3, 0.4) is 0 Å². The van der Waals surface area contributed by atoms with E-state index in [9.17, 15) is 14.7 Å². The van der Waals surface area contributed by atoms with Crippen molar-refractivity contribution in [3.8, 4) is 0 Å². The minimum atomic E-state index is -1.49. The summed E-state index contributed by atoms with van der Waals surface area (Å²) < 4.78 is 6.02. The predicted molar refractivity (Wildman–Crippen MR) is 132 cm³/mol. The molecule has 3 unspecified atom stereocenters. The molecule has 188 valence electrons. The zero-order valence-corrected chi connectivity index (χ0v) is 21.7. The lowest BCUT2D eigenvalue weighted by atomic mass is 9.73. The van der Waals surface area contributed by atoms with E-state index in [0.717, 1.165) is 25.2 Å². The van der Waals surface area contributed by atoms with Gasteiger partial charge in [-0.1, -0.05) is 29.3 Å². The lowest BCUT2D eigenvalue weighted by Crippen LogP contribution is -2.77. The standard InChI is InChI=1S/C25H35Cl2N3O4/c1-24(2,33)23(32)29-10-11-30(22(31)13-17-6-7-19(26)20(27)12-17)25(3)18(15-34-16-21(25)29)14-28-8-4-5-9-28/h6-7,12,18,21,33H,4-5,8-11,13-16H2,1-3H3. The molecule has 2 amide bonds. The summed E-state index contributed by atoms with van der Waals surface area (Å²) in [5.41, 5.74) is -1.31. The molecule has 1 N–H and O–H groups in total. The maximum absolute atomic E-state index is 13.7. The second-order valence-electron chi connectivity index (χ2n) is 10.5. The Bertz CT molecular complexity index is 931. The van der Waals surface area contributed by atoms with Gasteiger partial charge in [-0.25, -0.2) is 0 Å². The third-order valence-corrected chi connectivity index (χ3v) is 8.46. The third kappa shape index (κ3) is 4.96. The molecule has 3 saturated heterocycles. The molecule has 0 bridgehead atoms. The number of likely N-dealkylation sites (tertiary alicyclic amines) is 1. The number of halogens is 2. The Morgan fingerprint density at radius 3 is 2.47 bits per heavy atom. The van der Waals surface area contributed by atoms with Gasteiger partial charge in [0.2, 0.25) is 5.91 Å². The van der Waals surface area contributed by atoms with Gasteiger partial charge in [-0.15, -0.1) is 0 Å². The molecule has 3 heterocycles. The van der Waals surface area contributed by atoms with Crippen molar-refractivity contribution in [3.63, 3.8) is 0 Å². The molecular formula is C25H35Cl2N3O4. The first-order chi connectivity index (χ1) is 16.0. The van der Waals surface area contributed by atoms with Crippen molar-refractivity contribution in [1.29, 1.82) is 0 Å². The van der Waals surface area contributed by atoms with Crippen LogP contribution in [0, 0.1) is 5.92 Å². The van der Waals surface area contributed by atoms with Gasteiger partial charge in [0.25, 0.3) is 5.91 Å². The van der Waals surface area contributed by atoms with E-state index >= 15 is 0 Å². The Morgan fingerprint density at radius 2 is 1.82 bits per heavy atom. The van der Waals surface area contributed by atoms with Crippen LogP contribution in [-0.4, -0.2) is 94.7 Å². The Morgan fingerprint density at radius 1 is 1.12 bits per heavy atom. The lowest BCUT2D eigenvalue weighted by Gasteiger charge is -2.60. The number of amides is 2. The Labute approximate surface area is 211 Å². The number of ether oxygens (including phenoxy) is 1. The molecule has 0 aromatic heterocycles. The highest BCUT2D eigenvalue weighted by Gasteiger charge is 2.57. The summed E-state index contributed by atoms with van der Waals surface area (Å²) in [4.78, 5) is 33.0. The van der Waals surface area contributed by atoms with Crippen molar-refractivity contribution in [2.75, 3.05) is 45.9 Å². The zero-order chi connectivity index (χ0) is 24.7. The van der Waals surface area contributed by atoms with Gasteiger partial charge in [0, 0.05) is 25.6 Å². The van der Waals surface area contributed by atoms with Crippen LogP contribution in [-0.2, 0) is 20.7 Å². The van der Waals surface area contributed by atoms with E-state index in [-0.39, 0.29) is 30.2 Å². The molecule has 3 aliphatic rings. The summed E-state index contributed by atoms with van der Waals surface area (Å²) in [7, 11) is 0. The average molecular weight is 512 g/mol. The topological polar surface area (TPSA) is 73.3 Å². The summed E-state index contributed by atoms with van der Waals surface area (Å²) in [5.74, 6) is -0.292. The van der Waals surface area contributed by atoms with Crippen LogP contribution < -0.4 is 0 Å². The molecule has 1 aromatic carbocycles. The molecule has 3 atom stereocenters. The highest BCUT2D eigenvalue weighted by atomic mass is 35.5. The largest absolute Gasteiger partial charge is 0.381 e. The zero-order valence-electron chi connectivity index (χ0n) is 20.2. The van der Waals surface area contributed by atoms with Gasteiger partial charge in [0.1, 0.15) is 5.60 Å². The number of carbonyl (C=O) groups excluding carboxylic acids is 2.